The molecule has 0 spiro atoms. The smallest absolute Gasteiger partial charge is 0.231 e. The van der Waals surface area contributed by atoms with Crippen LogP contribution in [0.25, 0.3) is 0 Å². The molecule has 4 nitrogen and oxygen atoms in total. The van der Waals surface area contributed by atoms with Gasteiger partial charge in [-0.05, 0) is 61.3 Å². The second-order valence-corrected chi connectivity index (χ2v) is 7.75. The van der Waals surface area contributed by atoms with Crippen molar-refractivity contribution < 1.29 is 9.53 Å². The number of amides is 1. The monoisotopic (exact) mass is 406 g/mol. The van der Waals surface area contributed by atoms with E-state index in [1.165, 1.54) is 0 Å². The zero-order chi connectivity index (χ0) is 19.4. The van der Waals surface area contributed by atoms with Gasteiger partial charge in [-0.2, -0.15) is 0 Å². The summed E-state index contributed by atoms with van der Waals surface area (Å²) in [4.78, 5) is 17.0. The minimum absolute atomic E-state index is 0.0167. The number of benzene rings is 2. The second kappa shape index (κ2) is 8.96. The van der Waals surface area contributed by atoms with Gasteiger partial charge in [0.05, 0.1) is 13.0 Å². The molecule has 1 amide bonds. The van der Waals surface area contributed by atoms with Crippen molar-refractivity contribution >= 4 is 34.8 Å². The van der Waals surface area contributed by atoms with Gasteiger partial charge < -0.3 is 9.64 Å². The van der Waals surface area contributed by atoms with Crippen LogP contribution in [0.5, 0.6) is 5.75 Å². The first-order valence-corrected chi connectivity index (χ1v) is 9.81. The second-order valence-electron chi connectivity index (χ2n) is 6.91. The molecular formula is C21H24Cl2N2O2. The molecule has 2 aromatic carbocycles. The number of methoxy groups -OCH3 is 1. The van der Waals surface area contributed by atoms with Crippen LogP contribution in [0.2, 0.25) is 10.0 Å². The number of rotatable bonds is 5. The molecule has 0 N–H and O–H groups in total. The summed E-state index contributed by atoms with van der Waals surface area (Å²) in [6.45, 7) is 2.43. The zero-order valence-corrected chi connectivity index (χ0v) is 17.1. The average Bonchev–Trinajstić information content (AvgIpc) is 2.69. The predicted octanol–water partition coefficient (Wildman–Crippen LogP) is 4.88. The Morgan fingerprint density at radius 3 is 2.63 bits per heavy atom. The van der Waals surface area contributed by atoms with Gasteiger partial charge in [-0.3, -0.25) is 9.69 Å². The highest BCUT2D eigenvalue weighted by Gasteiger charge is 2.28. The molecule has 0 bridgehead atoms. The van der Waals surface area contributed by atoms with Crippen molar-refractivity contribution in [3.8, 4) is 5.75 Å². The van der Waals surface area contributed by atoms with Crippen LogP contribution in [0, 0.1) is 5.92 Å². The Bertz CT molecular complexity index is 795. The summed E-state index contributed by atoms with van der Waals surface area (Å²) in [5.41, 5.74) is 1.91. The fourth-order valence-corrected chi connectivity index (χ4v) is 3.97. The van der Waals surface area contributed by atoms with Crippen LogP contribution >= 0.6 is 23.2 Å². The van der Waals surface area contributed by atoms with E-state index in [1.54, 1.807) is 18.1 Å². The molecule has 2 aromatic rings. The standard InChI is InChI=1S/C21H24Cl2N2O2/c1-24(18-7-9-19(27-2)10-8-18)21(26)16-4-3-11-25(14-16)13-15-5-6-17(22)12-20(15)23/h5-10,12,16H,3-4,11,13-14H2,1-2H3/t16-/m1/s1. The summed E-state index contributed by atoms with van der Waals surface area (Å²) in [6.07, 6.45) is 1.91. The van der Waals surface area contributed by atoms with E-state index < -0.39 is 0 Å². The van der Waals surface area contributed by atoms with Gasteiger partial charge in [-0.25, -0.2) is 0 Å². The number of likely N-dealkylation sites (tertiary alicyclic amines) is 1. The lowest BCUT2D eigenvalue weighted by atomic mass is 9.96. The van der Waals surface area contributed by atoms with Crippen molar-refractivity contribution in [1.29, 1.82) is 0 Å². The van der Waals surface area contributed by atoms with Crippen molar-refractivity contribution in [2.45, 2.75) is 19.4 Å². The van der Waals surface area contributed by atoms with E-state index in [-0.39, 0.29) is 11.8 Å². The lowest BCUT2D eigenvalue weighted by Crippen LogP contribution is -2.43. The van der Waals surface area contributed by atoms with E-state index in [1.807, 2.05) is 43.4 Å². The van der Waals surface area contributed by atoms with E-state index in [2.05, 4.69) is 4.90 Å². The summed E-state index contributed by atoms with van der Waals surface area (Å²) >= 11 is 12.3. The van der Waals surface area contributed by atoms with Gasteiger partial charge >= 0.3 is 0 Å². The molecule has 1 fully saturated rings. The molecule has 0 saturated carbocycles. The molecule has 144 valence electrons. The van der Waals surface area contributed by atoms with Gasteiger partial charge in [0.15, 0.2) is 0 Å². The van der Waals surface area contributed by atoms with Crippen molar-refractivity contribution in [3.63, 3.8) is 0 Å². The van der Waals surface area contributed by atoms with Crippen LogP contribution in [0.3, 0.4) is 0 Å². The quantitative estimate of drug-likeness (QED) is 0.709. The van der Waals surface area contributed by atoms with Gasteiger partial charge in [-0.15, -0.1) is 0 Å². The minimum atomic E-state index is -0.0167. The van der Waals surface area contributed by atoms with E-state index in [0.717, 1.165) is 49.5 Å². The highest BCUT2D eigenvalue weighted by atomic mass is 35.5. The maximum atomic E-state index is 13.0. The first kappa shape index (κ1) is 20.0. The van der Waals surface area contributed by atoms with Crippen LogP contribution in [0.15, 0.2) is 42.5 Å². The molecule has 0 radical (unpaired) electrons. The van der Waals surface area contributed by atoms with Gasteiger partial charge in [0, 0.05) is 35.9 Å². The van der Waals surface area contributed by atoms with Crippen LogP contribution in [0.4, 0.5) is 5.69 Å². The number of ether oxygens (including phenoxy) is 1. The molecule has 1 heterocycles. The Morgan fingerprint density at radius 1 is 1.22 bits per heavy atom. The molecule has 1 atom stereocenters. The largest absolute Gasteiger partial charge is 0.497 e. The number of nitrogens with zero attached hydrogens (tertiary/aromatic N) is 2. The fraction of sp³-hybridized carbons (Fsp3) is 0.381. The highest BCUT2D eigenvalue weighted by molar-refractivity contribution is 6.35. The summed E-state index contributed by atoms with van der Waals surface area (Å²) in [5.74, 6) is 0.910. The topological polar surface area (TPSA) is 32.8 Å². The predicted molar refractivity (Wildman–Crippen MR) is 111 cm³/mol. The van der Waals surface area contributed by atoms with Crippen molar-refractivity contribution in [2.24, 2.45) is 5.92 Å². The molecule has 1 aliphatic rings. The SMILES string of the molecule is COc1ccc(N(C)C(=O)[C@@H]2CCCN(Cc3ccc(Cl)cc3Cl)C2)cc1. The molecule has 0 aliphatic carbocycles. The third-order valence-electron chi connectivity index (χ3n) is 5.05. The molecule has 27 heavy (non-hydrogen) atoms. The minimum Gasteiger partial charge on any atom is -0.497 e. The Kier molecular flexibility index (Phi) is 6.64. The number of anilines is 1. The van der Waals surface area contributed by atoms with Gasteiger partial charge in [0.1, 0.15) is 5.75 Å². The Hall–Kier alpha value is -1.75. The van der Waals surface area contributed by atoms with Gasteiger partial charge in [0.2, 0.25) is 5.91 Å². The van der Waals surface area contributed by atoms with Gasteiger partial charge in [0.25, 0.3) is 0 Å². The Morgan fingerprint density at radius 2 is 1.96 bits per heavy atom. The molecule has 1 aliphatic heterocycles. The molecule has 3 rings (SSSR count). The van der Waals surface area contributed by atoms with Crippen LogP contribution in [-0.2, 0) is 11.3 Å². The Labute approximate surface area is 170 Å². The van der Waals surface area contributed by atoms with E-state index in [4.69, 9.17) is 27.9 Å². The van der Waals surface area contributed by atoms with Crippen molar-refractivity contribution in [1.82, 2.24) is 4.90 Å². The van der Waals surface area contributed by atoms with Crippen LogP contribution in [0.1, 0.15) is 18.4 Å². The highest BCUT2D eigenvalue weighted by Crippen LogP contribution is 2.27. The first-order chi connectivity index (χ1) is 13.0. The van der Waals surface area contributed by atoms with E-state index in [9.17, 15) is 4.79 Å². The molecular weight excluding hydrogens is 383 g/mol. The van der Waals surface area contributed by atoms with Crippen LogP contribution in [-0.4, -0.2) is 38.1 Å². The normalized spacial score (nSPS) is 17.6. The third-order valence-corrected chi connectivity index (χ3v) is 5.64. The van der Waals surface area contributed by atoms with E-state index in [0.29, 0.717) is 10.0 Å². The summed E-state index contributed by atoms with van der Waals surface area (Å²) in [5, 5.41) is 1.31. The summed E-state index contributed by atoms with van der Waals surface area (Å²) in [6, 6.07) is 13.1. The first-order valence-electron chi connectivity index (χ1n) is 9.06. The van der Waals surface area contributed by atoms with E-state index >= 15 is 0 Å². The Balaban J connectivity index is 1.64. The number of hydrogen-bond donors (Lipinski definition) is 0. The molecule has 6 heteroatoms. The number of hydrogen-bond acceptors (Lipinski definition) is 3. The number of halogens is 2. The fourth-order valence-electron chi connectivity index (χ4n) is 3.50. The number of piperidine rings is 1. The lowest BCUT2D eigenvalue weighted by Gasteiger charge is -2.34. The van der Waals surface area contributed by atoms with Crippen molar-refractivity contribution in [2.75, 3.05) is 32.1 Å². The summed E-state index contributed by atoms with van der Waals surface area (Å²) in [7, 11) is 3.46. The van der Waals surface area contributed by atoms with Crippen molar-refractivity contribution in [3.05, 3.63) is 58.1 Å². The molecule has 1 saturated heterocycles. The maximum absolute atomic E-state index is 13.0. The third kappa shape index (κ3) is 4.95. The number of carbonyl (C=O) groups is 1. The van der Waals surface area contributed by atoms with Gasteiger partial charge in [-0.1, -0.05) is 29.3 Å². The lowest BCUT2D eigenvalue weighted by molar-refractivity contribution is -0.123. The number of carbonyl (C=O) groups excluding carboxylic acids is 1. The van der Waals surface area contributed by atoms with Crippen LogP contribution < -0.4 is 9.64 Å². The average molecular weight is 407 g/mol. The maximum Gasteiger partial charge on any atom is 0.231 e. The summed E-state index contributed by atoms with van der Waals surface area (Å²) < 4.78 is 5.18. The molecule has 0 aromatic heterocycles. The molecule has 0 unspecified atom stereocenters. The zero-order valence-electron chi connectivity index (χ0n) is 15.6.